The van der Waals surface area contributed by atoms with Gasteiger partial charge in [0.2, 0.25) is 0 Å². The van der Waals surface area contributed by atoms with Gasteiger partial charge in [-0.15, -0.1) is 0 Å². The molecule has 1 unspecified atom stereocenters. The molecule has 0 amide bonds. The fraction of sp³-hybridized carbons (Fsp3) is 0.214. The number of aryl methyl sites for hydroxylation is 1. The number of benzene rings is 1. The average molecular weight is 267 g/mol. The van der Waals surface area contributed by atoms with Crippen LogP contribution in [0.2, 0.25) is 0 Å². The van der Waals surface area contributed by atoms with Gasteiger partial charge in [0.1, 0.15) is 6.10 Å². The van der Waals surface area contributed by atoms with Gasteiger partial charge in [-0.3, -0.25) is 4.98 Å². The molecule has 0 saturated carbocycles. The molecular formula is C14H12F3NO. The highest BCUT2D eigenvalue weighted by Crippen LogP contribution is 2.36. The van der Waals surface area contributed by atoms with E-state index >= 15 is 0 Å². The van der Waals surface area contributed by atoms with Crippen molar-refractivity contribution >= 4 is 0 Å². The van der Waals surface area contributed by atoms with Crippen molar-refractivity contribution < 1.29 is 18.3 Å². The van der Waals surface area contributed by atoms with Crippen molar-refractivity contribution in [1.29, 1.82) is 0 Å². The van der Waals surface area contributed by atoms with Gasteiger partial charge in [0, 0.05) is 6.20 Å². The highest BCUT2D eigenvalue weighted by atomic mass is 19.4. The Morgan fingerprint density at radius 2 is 1.79 bits per heavy atom. The van der Waals surface area contributed by atoms with Crippen LogP contribution in [0.1, 0.15) is 28.5 Å². The number of hydrogen-bond acceptors (Lipinski definition) is 2. The summed E-state index contributed by atoms with van der Waals surface area (Å²) < 4.78 is 38.7. The predicted molar refractivity (Wildman–Crippen MR) is 64.5 cm³/mol. The molecule has 5 heteroatoms. The molecule has 0 spiro atoms. The van der Waals surface area contributed by atoms with Gasteiger partial charge in [-0.2, -0.15) is 13.2 Å². The molecule has 0 saturated heterocycles. The maximum atomic E-state index is 12.9. The molecule has 1 atom stereocenters. The van der Waals surface area contributed by atoms with Crippen LogP contribution in [0.5, 0.6) is 0 Å². The number of hydrogen-bond donors (Lipinski definition) is 1. The molecule has 100 valence electrons. The SMILES string of the molecule is Cc1cccnc1C(O)c1ccccc1C(F)(F)F. The van der Waals surface area contributed by atoms with Gasteiger partial charge in [0.25, 0.3) is 0 Å². The summed E-state index contributed by atoms with van der Waals surface area (Å²) >= 11 is 0. The molecule has 2 rings (SSSR count). The minimum atomic E-state index is -4.50. The number of alkyl halides is 3. The summed E-state index contributed by atoms with van der Waals surface area (Å²) in [5.74, 6) is 0. The maximum Gasteiger partial charge on any atom is 0.416 e. The van der Waals surface area contributed by atoms with Crippen molar-refractivity contribution in [3.8, 4) is 0 Å². The molecule has 1 aromatic carbocycles. The lowest BCUT2D eigenvalue weighted by molar-refractivity contribution is -0.139. The molecule has 0 aliphatic heterocycles. The molecule has 0 aliphatic carbocycles. The van der Waals surface area contributed by atoms with Crippen LogP contribution in [-0.4, -0.2) is 10.1 Å². The van der Waals surface area contributed by atoms with E-state index in [1.54, 1.807) is 19.1 Å². The van der Waals surface area contributed by atoms with Crippen LogP contribution in [0.25, 0.3) is 0 Å². The highest BCUT2D eigenvalue weighted by Gasteiger charge is 2.35. The molecule has 1 heterocycles. The first-order valence-electron chi connectivity index (χ1n) is 5.67. The first-order valence-corrected chi connectivity index (χ1v) is 5.67. The summed E-state index contributed by atoms with van der Waals surface area (Å²) in [5.41, 5.74) is -0.143. The Morgan fingerprint density at radius 1 is 1.11 bits per heavy atom. The molecule has 0 aliphatic rings. The average Bonchev–Trinajstić information content (AvgIpc) is 2.37. The van der Waals surface area contributed by atoms with Gasteiger partial charge in [-0.1, -0.05) is 24.3 Å². The van der Waals surface area contributed by atoms with Gasteiger partial charge in [0.05, 0.1) is 11.3 Å². The summed E-state index contributed by atoms with van der Waals surface area (Å²) in [6, 6.07) is 8.35. The van der Waals surface area contributed by atoms with E-state index in [1.165, 1.54) is 24.4 Å². The smallest absolute Gasteiger partial charge is 0.382 e. The first kappa shape index (κ1) is 13.5. The second-order valence-electron chi connectivity index (χ2n) is 4.19. The van der Waals surface area contributed by atoms with Crippen molar-refractivity contribution in [3.63, 3.8) is 0 Å². The molecule has 0 radical (unpaired) electrons. The fourth-order valence-electron chi connectivity index (χ4n) is 1.93. The largest absolute Gasteiger partial charge is 0.416 e. The summed E-state index contributed by atoms with van der Waals surface area (Å²) in [5, 5.41) is 10.2. The van der Waals surface area contributed by atoms with E-state index in [0.717, 1.165) is 6.07 Å². The topological polar surface area (TPSA) is 33.1 Å². The van der Waals surface area contributed by atoms with E-state index in [-0.39, 0.29) is 11.3 Å². The van der Waals surface area contributed by atoms with Gasteiger partial charge >= 0.3 is 6.18 Å². The van der Waals surface area contributed by atoms with Gasteiger partial charge in [-0.05, 0) is 30.2 Å². The molecule has 2 aromatic rings. The minimum absolute atomic E-state index is 0.184. The summed E-state index contributed by atoms with van der Waals surface area (Å²) in [7, 11) is 0. The Morgan fingerprint density at radius 3 is 2.42 bits per heavy atom. The number of nitrogens with zero attached hydrogens (tertiary/aromatic N) is 1. The third kappa shape index (κ3) is 2.76. The molecule has 0 fully saturated rings. The zero-order valence-corrected chi connectivity index (χ0v) is 10.1. The predicted octanol–water partition coefficient (Wildman–Crippen LogP) is 3.49. The first-order chi connectivity index (χ1) is 8.91. The lowest BCUT2D eigenvalue weighted by Gasteiger charge is -2.18. The van der Waals surface area contributed by atoms with Crippen molar-refractivity contribution in [1.82, 2.24) is 4.98 Å². The summed E-state index contributed by atoms with van der Waals surface area (Å²) in [6.45, 7) is 1.70. The van der Waals surface area contributed by atoms with Crippen LogP contribution in [0, 0.1) is 6.92 Å². The molecule has 19 heavy (non-hydrogen) atoms. The van der Waals surface area contributed by atoms with Crippen molar-refractivity contribution in [3.05, 3.63) is 65.0 Å². The van der Waals surface area contributed by atoms with Crippen LogP contribution < -0.4 is 0 Å². The normalized spacial score (nSPS) is 13.3. The van der Waals surface area contributed by atoms with Crippen molar-refractivity contribution in [2.75, 3.05) is 0 Å². The van der Waals surface area contributed by atoms with E-state index in [0.29, 0.717) is 5.56 Å². The fourth-order valence-corrected chi connectivity index (χ4v) is 1.93. The van der Waals surface area contributed by atoms with E-state index in [2.05, 4.69) is 4.98 Å². The van der Waals surface area contributed by atoms with Crippen LogP contribution in [0.3, 0.4) is 0 Å². The Balaban J connectivity index is 2.51. The standard InChI is InChI=1S/C14H12F3NO/c1-9-5-4-8-18-12(9)13(19)10-6-2-3-7-11(10)14(15,16)17/h2-8,13,19H,1H3. The van der Waals surface area contributed by atoms with Gasteiger partial charge in [-0.25, -0.2) is 0 Å². The maximum absolute atomic E-state index is 12.9. The second-order valence-corrected chi connectivity index (χ2v) is 4.19. The lowest BCUT2D eigenvalue weighted by Crippen LogP contribution is -2.14. The Labute approximate surface area is 108 Å². The molecule has 1 N–H and O–H groups in total. The quantitative estimate of drug-likeness (QED) is 0.903. The van der Waals surface area contributed by atoms with E-state index in [1.807, 2.05) is 0 Å². The third-order valence-corrected chi connectivity index (χ3v) is 2.87. The number of halogens is 3. The Hall–Kier alpha value is -1.88. The zero-order chi connectivity index (χ0) is 14.0. The van der Waals surface area contributed by atoms with Crippen LogP contribution in [0.15, 0.2) is 42.6 Å². The van der Waals surface area contributed by atoms with Crippen LogP contribution in [-0.2, 0) is 6.18 Å². The van der Waals surface area contributed by atoms with E-state index in [9.17, 15) is 18.3 Å². The summed E-state index contributed by atoms with van der Waals surface area (Å²) in [4.78, 5) is 3.96. The Bertz CT molecular complexity index is 581. The molecule has 2 nitrogen and oxygen atoms in total. The number of aromatic nitrogens is 1. The molecule has 1 aromatic heterocycles. The monoisotopic (exact) mass is 267 g/mol. The van der Waals surface area contributed by atoms with Crippen molar-refractivity contribution in [2.45, 2.75) is 19.2 Å². The van der Waals surface area contributed by atoms with Crippen LogP contribution in [0.4, 0.5) is 13.2 Å². The van der Waals surface area contributed by atoms with Gasteiger partial charge in [0.15, 0.2) is 0 Å². The van der Waals surface area contributed by atoms with Crippen LogP contribution >= 0.6 is 0 Å². The molecule has 0 bridgehead atoms. The second kappa shape index (κ2) is 5.01. The Kier molecular flexibility index (Phi) is 3.57. The minimum Gasteiger partial charge on any atom is -0.382 e. The number of aliphatic hydroxyl groups excluding tert-OH is 1. The molecular weight excluding hydrogens is 255 g/mol. The van der Waals surface area contributed by atoms with E-state index in [4.69, 9.17) is 0 Å². The third-order valence-electron chi connectivity index (χ3n) is 2.87. The number of pyridine rings is 1. The number of aliphatic hydroxyl groups is 1. The highest BCUT2D eigenvalue weighted by molar-refractivity contribution is 5.37. The zero-order valence-electron chi connectivity index (χ0n) is 10.1. The summed E-state index contributed by atoms with van der Waals surface area (Å²) in [6.07, 6.45) is -4.44. The lowest BCUT2D eigenvalue weighted by atomic mass is 9.97. The van der Waals surface area contributed by atoms with Gasteiger partial charge < -0.3 is 5.11 Å². The number of rotatable bonds is 2. The van der Waals surface area contributed by atoms with E-state index < -0.39 is 17.8 Å². The van der Waals surface area contributed by atoms with Crippen molar-refractivity contribution in [2.24, 2.45) is 0 Å².